The molecule has 0 amide bonds. The second kappa shape index (κ2) is 5.93. The second-order valence-electron chi connectivity index (χ2n) is 6.01. The van der Waals surface area contributed by atoms with Crippen LogP contribution < -0.4 is 0 Å². The Morgan fingerprint density at radius 3 is 2.82 bits per heavy atom. The van der Waals surface area contributed by atoms with Gasteiger partial charge in [-0.1, -0.05) is 18.2 Å². The largest absolute Gasteiger partial charge is 0.478 e. The van der Waals surface area contributed by atoms with Crippen LogP contribution in [0.1, 0.15) is 39.8 Å². The molecule has 1 fully saturated rings. The molecule has 1 aromatic heterocycles. The summed E-state index contributed by atoms with van der Waals surface area (Å²) in [7, 11) is 0. The number of benzene rings is 1. The average Bonchev–Trinajstić information content (AvgIpc) is 3.05. The number of carboxylic acid groups (broad SMARTS) is 1. The lowest BCUT2D eigenvalue weighted by molar-refractivity contribution is 0.0694. The minimum atomic E-state index is -0.857. The molecule has 0 radical (unpaired) electrons. The van der Waals surface area contributed by atoms with Crippen LogP contribution in [0.3, 0.4) is 0 Å². The Morgan fingerprint density at radius 1 is 1.36 bits per heavy atom. The van der Waals surface area contributed by atoms with Crippen molar-refractivity contribution in [2.45, 2.75) is 32.9 Å². The normalized spacial score (nSPS) is 18.7. The fourth-order valence-electron chi connectivity index (χ4n) is 3.28. The van der Waals surface area contributed by atoms with Gasteiger partial charge in [0.05, 0.1) is 17.3 Å². The van der Waals surface area contributed by atoms with E-state index in [9.17, 15) is 9.90 Å². The van der Waals surface area contributed by atoms with Crippen LogP contribution in [0.15, 0.2) is 30.3 Å². The molecule has 116 valence electrons. The van der Waals surface area contributed by atoms with Crippen LogP contribution in [0.4, 0.5) is 0 Å². The first kappa shape index (κ1) is 14.8. The van der Waals surface area contributed by atoms with Gasteiger partial charge in [0.2, 0.25) is 0 Å². The van der Waals surface area contributed by atoms with E-state index < -0.39 is 5.97 Å². The number of carbonyl (C=O) groups is 1. The van der Waals surface area contributed by atoms with Crippen molar-refractivity contribution in [1.82, 2.24) is 14.7 Å². The van der Waals surface area contributed by atoms with Crippen molar-refractivity contribution in [2.75, 3.05) is 13.1 Å². The number of aryl methyl sites for hydroxylation is 2. The first-order valence-corrected chi connectivity index (χ1v) is 7.61. The highest BCUT2D eigenvalue weighted by molar-refractivity contribution is 5.89. The van der Waals surface area contributed by atoms with Gasteiger partial charge in [0.1, 0.15) is 0 Å². The summed E-state index contributed by atoms with van der Waals surface area (Å²) < 4.78 is 2.11. The van der Waals surface area contributed by atoms with Crippen LogP contribution in [0, 0.1) is 13.8 Å². The summed E-state index contributed by atoms with van der Waals surface area (Å²) in [6.45, 7) is 6.66. The first-order chi connectivity index (χ1) is 10.5. The van der Waals surface area contributed by atoms with E-state index in [-0.39, 0.29) is 0 Å². The molecule has 1 aromatic carbocycles. The fraction of sp³-hybridized carbons (Fsp3) is 0.412. The predicted molar refractivity (Wildman–Crippen MR) is 84.0 cm³/mol. The maximum Gasteiger partial charge on any atom is 0.336 e. The molecule has 1 atom stereocenters. The Bertz CT molecular complexity index is 693. The van der Waals surface area contributed by atoms with E-state index in [4.69, 9.17) is 0 Å². The van der Waals surface area contributed by atoms with Crippen LogP contribution in [0.5, 0.6) is 0 Å². The lowest BCUT2D eigenvalue weighted by Crippen LogP contribution is -2.23. The van der Waals surface area contributed by atoms with E-state index in [0.29, 0.717) is 18.2 Å². The van der Waals surface area contributed by atoms with Crippen molar-refractivity contribution in [3.8, 4) is 0 Å². The summed E-state index contributed by atoms with van der Waals surface area (Å²) >= 11 is 0. The van der Waals surface area contributed by atoms with Crippen molar-refractivity contribution in [1.29, 1.82) is 0 Å². The van der Waals surface area contributed by atoms with Gasteiger partial charge in [-0.3, -0.25) is 9.58 Å². The molecule has 1 aliphatic heterocycles. The number of nitrogens with zero attached hydrogens (tertiary/aromatic N) is 3. The summed E-state index contributed by atoms with van der Waals surface area (Å²) in [5.41, 5.74) is 3.52. The number of hydrogen-bond donors (Lipinski definition) is 1. The third-order valence-corrected chi connectivity index (χ3v) is 4.28. The van der Waals surface area contributed by atoms with Crippen LogP contribution in [0.2, 0.25) is 0 Å². The van der Waals surface area contributed by atoms with Crippen LogP contribution in [-0.4, -0.2) is 38.8 Å². The molecule has 1 N–H and O–H groups in total. The van der Waals surface area contributed by atoms with Crippen molar-refractivity contribution in [3.63, 3.8) is 0 Å². The minimum Gasteiger partial charge on any atom is -0.478 e. The van der Waals surface area contributed by atoms with Gasteiger partial charge in [-0.05, 0) is 38.0 Å². The molecule has 5 heteroatoms. The SMILES string of the molecule is Cc1cc(C)n([C@@H]2CCN(Cc3ccccc3C(=O)O)C2)n1. The van der Waals surface area contributed by atoms with Crippen molar-refractivity contribution >= 4 is 5.97 Å². The number of aromatic nitrogens is 2. The number of hydrogen-bond acceptors (Lipinski definition) is 3. The van der Waals surface area contributed by atoms with Gasteiger partial charge in [0.15, 0.2) is 0 Å². The highest BCUT2D eigenvalue weighted by Crippen LogP contribution is 2.25. The van der Waals surface area contributed by atoms with Crippen LogP contribution >= 0.6 is 0 Å². The fourth-order valence-corrected chi connectivity index (χ4v) is 3.28. The second-order valence-corrected chi connectivity index (χ2v) is 6.01. The van der Waals surface area contributed by atoms with E-state index in [1.807, 2.05) is 19.1 Å². The zero-order chi connectivity index (χ0) is 15.7. The van der Waals surface area contributed by atoms with Crippen LogP contribution in [-0.2, 0) is 6.54 Å². The molecular weight excluding hydrogens is 278 g/mol. The third-order valence-electron chi connectivity index (χ3n) is 4.28. The summed E-state index contributed by atoms with van der Waals surface area (Å²) in [6.07, 6.45) is 1.05. The van der Waals surface area contributed by atoms with Crippen molar-refractivity contribution in [2.24, 2.45) is 0 Å². The first-order valence-electron chi connectivity index (χ1n) is 7.61. The molecule has 1 saturated heterocycles. The van der Waals surface area contributed by atoms with Gasteiger partial charge >= 0.3 is 5.97 Å². The zero-order valence-electron chi connectivity index (χ0n) is 13.0. The Balaban J connectivity index is 1.72. The molecule has 3 rings (SSSR count). The molecule has 5 nitrogen and oxygen atoms in total. The lowest BCUT2D eigenvalue weighted by Gasteiger charge is -2.18. The van der Waals surface area contributed by atoms with E-state index in [1.54, 1.807) is 12.1 Å². The molecule has 0 aliphatic carbocycles. The molecule has 0 unspecified atom stereocenters. The average molecular weight is 299 g/mol. The molecule has 1 aliphatic rings. The van der Waals surface area contributed by atoms with Gasteiger partial charge in [0.25, 0.3) is 0 Å². The lowest BCUT2D eigenvalue weighted by atomic mass is 10.1. The molecule has 22 heavy (non-hydrogen) atoms. The smallest absolute Gasteiger partial charge is 0.336 e. The summed E-state index contributed by atoms with van der Waals surface area (Å²) in [5, 5.41) is 13.9. The summed E-state index contributed by atoms with van der Waals surface area (Å²) in [5.74, 6) is -0.857. The summed E-state index contributed by atoms with van der Waals surface area (Å²) in [6, 6.07) is 9.73. The van der Waals surface area contributed by atoms with E-state index in [2.05, 4.69) is 27.7 Å². The molecule has 2 heterocycles. The molecule has 0 saturated carbocycles. The summed E-state index contributed by atoms with van der Waals surface area (Å²) in [4.78, 5) is 13.6. The van der Waals surface area contributed by atoms with E-state index >= 15 is 0 Å². The Hall–Kier alpha value is -2.14. The third kappa shape index (κ3) is 2.90. The van der Waals surface area contributed by atoms with Gasteiger partial charge in [0, 0.05) is 25.3 Å². The highest BCUT2D eigenvalue weighted by atomic mass is 16.4. The minimum absolute atomic E-state index is 0.380. The number of rotatable bonds is 4. The van der Waals surface area contributed by atoms with Gasteiger partial charge in [-0.15, -0.1) is 0 Å². The molecule has 0 bridgehead atoms. The molecule has 2 aromatic rings. The quantitative estimate of drug-likeness (QED) is 0.943. The van der Waals surface area contributed by atoms with Crippen LogP contribution in [0.25, 0.3) is 0 Å². The Morgan fingerprint density at radius 2 is 2.14 bits per heavy atom. The predicted octanol–water partition coefficient (Wildman–Crippen LogP) is 2.65. The monoisotopic (exact) mass is 299 g/mol. The van der Waals surface area contributed by atoms with E-state index in [0.717, 1.165) is 30.8 Å². The van der Waals surface area contributed by atoms with Gasteiger partial charge < -0.3 is 5.11 Å². The van der Waals surface area contributed by atoms with Crippen molar-refractivity contribution < 1.29 is 9.90 Å². The Labute approximate surface area is 130 Å². The molecule has 0 spiro atoms. The Kier molecular flexibility index (Phi) is 3.98. The number of likely N-dealkylation sites (tertiary alicyclic amines) is 1. The molecular formula is C17H21N3O2. The number of carboxylic acids is 1. The maximum atomic E-state index is 11.3. The van der Waals surface area contributed by atoms with Gasteiger partial charge in [-0.2, -0.15) is 5.10 Å². The zero-order valence-corrected chi connectivity index (χ0v) is 13.0. The topological polar surface area (TPSA) is 58.4 Å². The standard InChI is InChI=1S/C17H21N3O2/c1-12-9-13(2)20(18-12)15-7-8-19(11-15)10-14-5-3-4-6-16(14)17(21)22/h3-6,9,15H,7-8,10-11H2,1-2H3,(H,21,22)/t15-/m1/s1. The van der Waals surface area contributed by atoms with Crippen molar-refractivity contribution in [3.05, 3.63) is 52.8 Å². The highest BCUT2D eigenvalue weighted by Gasteiger charge is 2.26. The number of aromatic carboxylic acids is 1. The van der Waals surface area contributed by atoms with E-state index in [1.165, 1.54) is 5.69 Å². The van der Waals surface area contributed by atoms with Gasteiger partial charge in [-0.25, -0.2) is 4.79 Å². The maximum absolute atomic E-state index is 11.3.